The first kappa shape index (κ1) is 12.9. The SMILES string of the molecule is CNCc1csc(-c2ccc(OC)c(OC)c2)n1. The second-order valence-electron chi connectivity index (χ2n) is 3.74. The molecule has 0 aliphatic heterocycles. The van der Waals surface area contributed by atoms with Crippen LogP contribution in [0.5, 0.6) is 11.5 Å². The highest BCUT2D eigenvalue weighted by Gasteiger charge is 2.09. The summed E-state index contributed by atoms with van der Waals surface area (Å²) in [4.78, 5) is 4.56. The minimum atomic E-state index is 0.723. The molecule has 96 valence electrons. The van der Waals surface area contributed by atoms with Crippen LogP contribution < -0.4 is 14.8 Å². The van der Waals surface area contributed by atoms with Gasteiger partial charge >= 0.3 is 0 Å². The molecule has 0 amide bonds. The third kappa shape index (κ3) is 2.63. The quantitative estimate of drug-likeness (QED) is 0.901. The number of hydrogen-bond acceptors (Lipinski definition) is 5. The van der Waals surface area contributed by atoms with E-state index in [1.165, 1.54) is 0 Å². The number of nitrogens with zero attached hydrogens (tertiary/aromatic N) is 1. The van der Waals surface area contributed by atoms with Gasteiger partial charge in [0, 0.05) is 17.5 Å². The Kier molecular flexibility index (Phi) is 4.17. The Labute approximate surface area is 111 Å². The van der Waals surface area contributed by atoms with Crippen LogP contribution in [0.3, 0.4) is 0 Å². The van der Waals surface area contributed by atoms with E-state index < -0.39 is 0 Å². The lowest BCUT2D eigenvalue weighted by molar-refractivity contribution is 0.355. The third-order valence-electron chi connectivity index (χ3n) is 2.54. The van der Waals surface area contributed by atoms with Gasteiger partial charge in [0.1, 0.15) is 5.01 Å². The van der Waals surface area contributed by atoms with Gasteiger partial charge in [0.25, 0.3) is 0 Å². The van der Waals surface area contributed by atoms with Crippen molar-refractivity contribution in [2.75, 3.05) is 21.3 Å². The van der Waals surface area contributed by atoms with Crippen LogP contribution >= 0.6 is 11.3 Å². The van der Waals surface area contributed by atoms with E-state index in [0.29, 0.717) is 0 Å². The number of rotatable bonds is 5. The first-order chi connectivity index (χ1) is 8.78. The number of aromatic nitrogens is 1. The number of thiazole rings is 1. The minimum Gasteiger partial charge on any atom is -0.493 e. The van der Waals surface area contributed by atoms with Crippen LogP contribution in [0.25, 0.3) is 10.6 Å². The molecular formula is C13H16N2O2S. The van der Waals surface area contributed by atoms with Crippen LogP contribution in [0.4, 0.5) is 0 Å². The zero-order chi connectivity index (χ0) is 13.0. The van der Waals surface area contributed by atoms with Crippen LogP contribution in [0, 0.1) is 0 Å². The van der Waals surface area contributed by atoms with Crippen molar-refractivity contribution in [1.82, 2.24) is 10.3 Å². The predicted molar refractivity (Wildman–Crippen MR) is 73.4 cm³/mol. The van der Waals surface area contributed by atoms with E-state index in [9.17, 15) is 0 Å². The molecule has 1 heterocycles. The van der Waals surface area contributed by atoms with Gasteiger partial charge in [-0.15, -0.1) is 11.3 Å². The zero-order valence-electron chi connectivity index (χ0n) is 10.7. The molecule has 1 N–H and O–H groups in total. The monoisotopic (exact) mass is 264 g/mol. The summed E-state index contributed by atoms with van der Waals surface area (Å²) in [6.45, 7) is 0.782. The number of methoxy groups -OCH3 is 2. The fourth-order valence-electron chi connectivity index (χ4n) is 1.67. The third-order valence-corrected chi connectivity index (χ3v) is 3.48. The summed E-state index contributed by atoms with van der Waals surface area (Å²) < 4.78 is 10.5. The lowest BCUT2D eigenvalue weighted by atomic mass is 10.2. The lowest BCUT2D eigenvalue weighted by Crippen LogP contribution is -2.04. The van der Waals surface area contributed by atoms with Crippen LogP contribution in [-0.2, 0) is 6.54 Å². The molecule has 0 fully saturated rings. The van der Waals surface area contributed by atoms with Gasteiger partial charge in [0.05, 0.1) is 19.9 Å². The van der Waals surface area contributed by atoms with Crippen molar-refractivity contribution in [1.29, 1.82) is 0 Å². The van der Waals surface area contributed by atoms with Gasteiger partial charge in [-0.1, -0.05) is 0 Å². The maximum atomic E-state index is 5.29. The van der Waals surface area contributed by atoms with E-state index in [-0.39, 0.29) is 0 Å². The summed E-state index contributed by atoms with van der Waals surface area (Å²) in [5, 5.41) is 6.13. The summed E-state index contributed by atoms with van der Waals surface area (Å²) in [7, 11) is 5.18. The molecule has 0 radical (unpaired) electrons. The molecule has 0 aliphatic carbocycles. The van der Waals surface area contributed by atoms with Crippen molar-refractivity contribution in [3.8, 4) is 22.1 Å². The molecule has 18 heavy (non-hydrogen) atoms. The van der Waals surface area contributed by atoms with E-state index in [1.807, 2.05) is 25.2 Å². The average molecular weight is 264 g/mol. The minimum absolute atomic E-state index is 0.723. The molecule has 2 rings (SSSR count). The first-order valence-corrected chi connectivity index (χ1v) is 6.48. The first-order valence-electron chi connectivity index (χ1n) is 5.60. The fraction of sp³-hybridized carbons (Fsp3) is 0.308. The smallest absolute Gasteiger partial charge is 0.161 e. The Bertz CT molecular complexity index is 525. The van der Waals surface area contributed by atoms with Gasteiger partial charge in [-0.25, -0.2) is 4.98 Å². The molecule has 0 bridgehead atoms. The van der Waals surface area contributed by atoms with E-state index in [0.717, 1.165) is 34.3 Å². The van der Waals surface area contributed by atoms with Gasteiger partial charge in [-0.2, -0.15) is 0 Å². The molecule has 0 aliphatic rings. The summed E-state index contributed by atoms with van der Waals surface area (Å²) in [6.07, 6.45) is 0. The maximum absolute atomic E-state index is 5.29. The summed E-state index contributed by atoms with van der Waals surface area (Å²) in [5.41, 5.74) is 2.09. The van der Waals surface area contributed by atoms with Gasteiger partial charge in [0.15, 0.2) is 11.5 Å². The van der Waals surface area contributed by atoms with Crippen molar-refractivity contribution in [2.45, 2.75) is 6.54 Å². The fourth-order valence-corrected chi connectivity index (χ4v) is 2.49. The Balaban J connectivity index is 2.31. The Morgan fingerprint density at radius 3 is 2.67 bits per heavy atom. The molecule has 2 aromatic rings. The molecule has 1 aromatic heterocycles. The van der Waals surface area contributed by atoms with Gasteiger partial charge < -0.3 is 14.8 Å². The van der Waals surface area contributed by atoms with Crippen molar-refractivity contribution >= 4 is 11.3 Å². The summed E-state index contributed by atoms with van der Waals surface area (Å²) >= 11 is 1.63. The van der Waals surface area contributed by atoms with Crippen molar-refractivity contribution in [3.05, 3.63) is 29.3 Å². The van der Waals surface area contributed by atoms with Crippen LogP contribution in [0.1, 0.15) is 5.69 Å². The van der Waals surface area contributed by atoms with E-state index in [2.05, 4.69) is 15.7 Å². The van der Waals surface area contributed by atoms with Crippen molar-refractivity contribution in [2.24, 2.45) is 0 Å². The van der Waals surface area contributed by atoms with Crippen LogP contribution in [0.15, 0.2) is 23.6 Å². The van der Waals surface area contributed by atoms with E-state index in [1.54, 1.807) is 25.6 Å². The molecule has 0 saturated carbocycles. The Morgan fingerprint density at radius 1 is 1.22 bits per heavy atom. The summed E-state index contributed by atoms with van der Waals surface area (Å²) in [6, 6.07) is 5.83. The highest BCUT2D eigenvalue weighted by Crippen LogP contribution is 2.33. The number of hydrogen-bond donors (Lipinski definition) is 1. The van der Waals surface area contributed by atoms with Crippen LogP contribution in [-0.4, -0.2) is 26.3 Å². The largest absolute Gasteiger partial charge is 0.493 e. The molecule has 0 atom stereocenters. The zero-order valence-corrected chi connectivity index (χ0v) is 11.5. The maximum Gasteiger partial charge on any atom is 0.161 e. The molecule has 1 aromatic carbocycles. The standard InChI is InChI=1S/C13H16N2O2S/c1-14-7-10-8-18-13(15-10)9-4-5-11(16-2)12(6-9)17-3/h4-6,8,14H,7H2,1-3H3. The van der Waals surface area contributed by atoms with Gasteiger partial charge in [0.2, 0.25) is 0 Å². The normalized spacial score (nSPS) is 10.4. The highest BCUT2D eigenvalue weighted by atomic mass is 32.1. The van der Waals surface area contributed by atoms with Gasteiger partial charge in [-0.3, -0.25) is 0 Å². The van der Waals surface area contributed by atoms with Crippen molar-refractivity contribution in [3.63, 3.8) is 0 Å². The van der Waals surface area contributed by atoms with E-state index in [4.69, 9.17) is 9.47 Å². The molecule has 0 saturated heterocycles. The number of ether oxygens (including phenoxy) is 2. The van der Waals surface area contributed by atoms with Gasteiger partial charge in [-0.05, 0) is 25.2 Å². The second-order valence-corrected chi connectivity index (χ2v) is 4.60. The molecule has 0 spiro atoms. The topological polar surface area (TPSA) is 43.4 Å². The number of benzene rings is 1. The highest BCUT2D eigenvalue weighted by molar-refractivity contribution is 7.13. The molecular weight excluding hydrogens is 248 g/mol. The van der Waals surface area contributed by atoms with E-state index >= 15 is 0 Å². The molecule has 0 unspecified atom stereocenters. The molecule has 5 heteroatoms. The summed E-state index contributed by atoms with van der Waals surface area (Å²) in [5.74, 6) is 1.45. The van der Waals surface area contributed by atoms with Crippen LogP contribution in [0.2, 0.25) is 0 Å². The Morgan fingerprint density at radius 2 is 2.00 bits per heavy atom. The Hall–Kier alpha value is -1.59. The molecule has 4 nitrogen and oxygen atoms in total. The average Bonchev–Trinajstić information content (AvgIpc) is 2.87. The predicted octanol–water partition coefficient (Wildman–Crippen LogP) is 2.55. The lowest BCUT2D eigenvalue weighted by Gasteiger charge is -2.08. The number of nitrogens with one attached hydrogen (secondary N) is 1. The van der Waals surface area contributed by atoms with Crippen molar-refractivity contribution < 1.29 is 9.47 Å². The second kappa shape index (κ2) is 5.84.